The molecular weight excluding hydrogens is 246 g/mol. The van der Waals surface area contributed by atoms with E-state index < -0.39 is 0 Å². The van der Waals surface area contributed by atoms with Crippen LogP contribution in [0.4, 0.5) is 5.82 Å². The minimum Gasteiger partial charge on any atom is -0.380 e. The molecule has 4 nitrogen and oxygen atoms in total. The fourth-order valence-corrected chi connectivity index (χ4v) is 2.86. The topological polar surface area (TPSA) is 47.0 Å². The first-order chi connectivity index (χ1) is 8.63. The van der Waals surface area contributed by atoms with Gasteiger partial charge < -0.3 is 10.1 Å². The van der Waals surface area contributed by atoms with Crippen LogP contribution in [0.5, 0.6) is 0 Å². The quantitative estimate of drug-likeness (QED) is 0.902. The van der Waals surface area contributed by atoms with Gasteiger partial charge in [-0.2, -0.15) is 0 Å². The van der Waals surface area contributed by atoms with E-state index >= 15 is 0 Å². The van der Waals surface area contributed by atoms with E-state index in [1.165, 1.54) is 10.4 Å². The van der Waals surface area contributed by atoms with Gasteiger partial charge in [0.05, 0.1) is 12.0 Å². The maximum atomic E-state index is 5.41. The Morgan fingerprint density at radius 1 is 1.39 bits per heavy atom. The van der Waals surface area contributed by atoms with Gasteiger partial charge in [-0.1, -0.05) is 0 Å². The molecule has 0 aromatic carbocycles. The fraction of sp³-hybridized carbons (Fsp3) is 0.538. The van der Waals surface area contributed by atoms with E-state index in [1.807, 2.05) is 6.92 Å². The highest BCUT2D eigenvalue weighted by Crippen LogP contribution is 2.32. The Kier molecular flexibility index (Phi) is 4.14. The lowest BCUT2D eigenvalue weighted by Crippen LogP contribution is -2.22. The second kappa shape index (κ2) is 5.63. The first kappa shape index (κ1) is 13.2. The molecule has 1 atom stereocenters. The van der Waals surface area contributed by atoms with Crippen molar-refractivity contribution in [1.29, 1.82) is 0 Å². The van der Waals surface area contributed by atoms with Crippen molar-refractivity contribution in [2.24, 2.45) is 0 Å². The number of aryl methyl sites for hydroxylation is 2. The molecule has 18 heavy (non-hydrogen) atoms. The number of nitrogens with zero attached hydrogens (tertiary/aromatic N) is 2. The summed E-state index contributed by atoms with van der Waals surface area (Å²) in [7, 11) is 0. The van der Waals surface area contributed by atoms with Gasteiger partial charge in [-0.05, 0) is 33.3 Å². The normalized spacial score (nSPS) is 12.9. The number of hydrogen-bond donors (Lipinski definition) is 1. The average molecular weight is 265 g/mol. The first-order valence-corrected chi connectivity index (χ1v) is 7.00. The zero-order valence-electron chi connectivity index (χ0n) is 11.3. The van der Waals surface area contributed by atoms with Crippen LogP contribution in [0.15, 0.2) is 6.33 Å². The third-order valence-electron chi connectivity index (χ3n) is 2.92. The summed E-state index contributed by atoms with van der Waals surface area (Å²) >= 11 is 1.72. The van der Waals surface area contributed by atoms with Crippen LogP contribution in [0.2, 0.25) is 0 Å². The van der Waals surface area contributed by atoms with Crippen LogP contribution in [0.3, 0.4) is 0 Å². The van der Waals surface area contributed by atoms with Crippen molar-refractivity contribution in [3.8, 4) is 0 Å². The number of hydrogen-bond acceptors (Lipinski definition) is 5. The van der Waals surface area contributed by atoms with E-state index in [1.54, 1.807) is 17.7 Å². The number of thiophene rings is 1. The molecule has 1 N–H and O–H groups in total. The summed E-state index contributed by atoms with van der Waals surface area (Å²) in [6.45, 7) is 9.76. The number of rotatable bonds is 5. The number of nitrogens with one attached hydrogen (secondary N) is 1. The van der Waals surface area contributed by atoms with E-state index in [-0.39, 0.29) is 6.04 Å². The van der Waals surface area contributed by atoms with E-state index in [0.29, 0.717) is 6.61 Å². The number of anilines is 1. The zero-order valence-corrected chi connectivity index (χ0v) is 12.1. The average Bonchev–Trinajstić information content (AvgIpc) is 2.64. The highest BCUT2D eigenvalue weighted by Gasteiger charge is 2.13. The summed E-state index contributed by atoms with van der Waals surface area (Å²) in [6, 6.07) is 0.239. The molecule has 0 aliphatic carbocycles. The van der Waals surface area contributed by atoms with Crippen molar-refractivity contribution >= 4 is 27.4 Å². The molecule has 0 amide bonds. The van der Waals surface area contributed by atoms with Crippen molar-refractivity contribution < 1.29 is 4.74 Å². The maximum Gasteiger partial charge on any atom is 0.138 e. The Balaban J connectivity index is 2.27. The Hall–Kier alpha value is -1.20. The second-order valence-corrected chi connectivity index (χ2v) is 5.59. The first-order valence-electron chi connectivity index (χ1n) is 6.18. The predicted molar refractivity (Wildman–Crippen MR) is 76.5 cm³/mol. The third-order valence-corrected chi connectivity index (χ3v) is 4.04. The van der Waals surface area contributed by atoms with Crippen LogP contribution in [-0.2, 0) is 4.74 Å². The Labute approximate surface area is 111 Å². The van der Waals surface area contributed by atoms with E-state index in [0.717, 1.165) is 22.6 Å². The standard InChI is InChI=1S/C13H19N3OS/c1-5-17-6-8(2)16-12-11-9(3)10(4)18-13(11)15-7-14-12/h7-8H,5-6H2,1-4H3,(H,14,15,16). The lowest BCUT2D eigenvalue weighted by molar-refractivity contribution is 0.141. The van der Waals surface area contributed by atoms with Crippen LogP contribution < -0.4 is 5.32 Å². The van der Waals surface area contributed by atoms with Gasteiger partial charge in [0.15, 0.2) is 0 Å². The highest BCUT2D eigenvalue weighted by atomic mass is 32.1. The number of ether oxygens (including phenoxy) is 1. The molecule has 0 aliphatic rings. The lowest BCUT2D eigenvalue weighted by atomic mass is 10.2. The van der Waals surface area contributed by atoms with Crippen molar-refractivity contribution in [2.45, 2.75) is 33.7 Å². The van der Waals surface area contributed by atoms with Crippen molar-refractivity contribution in [3.63, 3.8) is 0 Å². The molecule has 98 valence electrons. The van der Waals surface area contributed by atoms with E-state index in [9.17, 15) is 0 Å². The number of aromatic nitrogens is 2. The minimum atomic E-state index is 0.239. The Morgan fingerprint density at radius 2 is 2.17 bits per heavy atom. The Morgan fingerprint density at radius 3 is 2.89 bits per heavy atom. The van der Waals surface area contributed by atoms with Gasteiger partial charge in [0.1, 0.15) is 17.0 Å². The van der Waals surface area contributed by atoms with Crippen LogP contribution in [0, 0.1) is 13.8 Å². The van der Waals surface area contributed by atoms with Crippen molar-refractivity contribution in [1.82, 2.24) is 9.97 Å². The summed E-state index contributed by atoms with van der Waals surface area (Å²) in [4.78, 5) is 11.0. The molecule has 2 heterocycles. The monoisotopic (exact) mass is 265 g/mol. The van der Waals surface area contributed by atoms with Gasteiger partial charge in [-0.15, -0.1) is 11.3 Å². The lowest BCUT2D eigenvalue weighted by Gasteiger charge is -2.15. The summed E-state index contributed by atoms with van der Waals surface area (Å²) in [6.07, 6.45) is 1.62. The molecule has 2 aromatic heterocycles. The molecule has 0 fully saturated rings. The van der Waals surface area contributed by atoms with E-state index in [4.69, 9.17) is 4.74 Å². The molecule has 0 saturated heterocycles. The van der Waals surface area contributed by atoms with Crippen LogP contribution in [0.25, 0.3) is 10.2 Å². The molecule has 0 saturated carbocycles. The molecule has 0 aliphatic heterocycles. The zero-order chi connectivity index (χ0) is 13.1. The van der Waals surface area contributed by atoms with Gasteiger partial charge in [-0.3, -0.25) is 0 Å². The summed E-state index contributed by atoms with van der Waals surface area (Å²) in [5, 5.41) is 4.55. The maximum absolute atomic E-state index is 5.41. The molecule has 0 bridgehead atoms. The van der Waals surface area contributed by atoms with Gasteiger partial charge >= 0.3 is 0 Å². The molecule has 2 rings (SSSR count). The van der Waals surface area contributed by atoms with Gasteiger partial charge in [0.25, 0.3) is 0 Å². The number of fused-ring (bicyclic) bond motifs is 1. The van der Waals surface area contributed by atoms with Crippen LogP contribution >= 0.6 is 11.3 Å². The van der Waals surface area contributed by atoms with Crippen LogP contribution in [0.1, 0.15) is 24.3 Å². The van der Waals surface area contributed by atoms with Gasteiger partial charge in [0, 0.05) is 17.5 Å². The molecule has 0 spiro atoms. The smallest absolute Gasteiger partial charge is 0.138 e. The summed E-state index contributed by atoms with van der Waals surface area (Å²) < 4.78 is 5.41. The minimum absolute atomic E-state index is 0.239. The molecular formula is C13H19N3OS. The predicted octanol–water partition coefficient (Wildman–Crippen LogP) is 3.15. The third kappa shape index (κ3) is 2.62. The fourth-order valence-electron chi connectivity index (χ4n) is 1.86. The SMILES string of the molecule is CCOCC(C)Nc1ncnc2sc(C)c(C)c12. The van der Waals surface area contributed by atoms with Gasteiger partial charge in [0.2, 0.25) is 0 Å². The molecule has 2 aromatic rings. The largest absolute Gasteiger partial charge is 0.380 e. The second-order valence-electron chi connectivity index (χ2n) is 4.39. The highest BCUT2D eigenvalue weighted by molar-refractivity contribution is 7.18. The van der Waals surface area contributed by atoms with Crippen molar-refractivity contribution in [2.75, 3.05) is 18.5 Å². The molecule has 0 radical (unpaired) electrons. The van der Waals surface area contributed by atoms with Crippen molar-refractivity contribution in [3.05, 3.63) is 16.8 Å². The van der Waals surface area contributed by atoms with Gasteiger partial charge in [-0.25, -0.2) is 9.97 Å². The Bertz CT molecular complexity index is 538. The van der Waals surface area contributed by atoms with Crippen LogP contribution in [-0.4, -0.2) is 29.2 Å². The molecule has 1 unspecified atom stereocenters. The summed E-state index contributed by atoms with van der Waals surface area (Å²) in [5.74, 6) is 0.911. The molecule has 5 heteroatoms. The van der Waals surface area contributed by atoms with E-state index in [2.05, 4.69) is 36.1 Å². The summed E-state index contributed by atoms with van der Waals surface area (Å²) in [5.41, 5.74) is 1.27.